The average molecular weight is 412 g/mol. The van der Waals surface area contributed by atoms with Gasteiger partial charge >= 0.3 is 0 Å². The molecule has 0 aromatic heterocycles. The third-order valence-electron chi connectivity index (χ3n) is 3.96. The van der Waals surface area contributed by atoms with Gasteiger partial charge in [0.25, 0.3) is 5.91 Å². The molecule has 2 aromatic rings. The molecule has 29 heavy (non-hydrogen) atoms. The molecule has 1 aliphatic heterocycles. The van der Waals surface area contributed by atoms with Gasteiger partial charge in [0.15, 0.2) is 11.5 Å². The van der Waals surface area contributed by atoms with Crippen LogP contribution in [0.3, 0.4) is 0 Å². The number of anilines is 2. The van der Waals surface area contributed by atoms with E-state index in [-0.39, 0.29) is 11.5 Å². The lowest BCUT2D eigenvalue weighted by molar-refractivity contribution is -0.114. The smallest absolute Gasteiger partial charge is 0.266 e. The van der Waals surface area contributed by atoms with Crippen molar-refractivity contribution in [3.63, 3.8) is 0 Å². The minimum absolute atomic E-state index is 0.0958. The molecule has 2 aromatic carbocycles. The van der Waals surface area contributed by atoms with Crippen LogP contribution in [0.4, 0.5) is 11.4 Å². The monoisotopic (exact) mass is 411 g/mol. The van der Waals surface area contributed by atoms with E-state index >= 15 is 0 Å². The molecular formula is C21H18ClN3O4. The van der Waals surface area contributed by atoms with Gasteiger partial charge in [0, 0.05) is 24.7 Å². The van der Waals surface area contributed by atoms with Crippen LogP contribution in [0.25, 0.3) is 6.08 Å². The van der Waals surface area contributed by atoms with Crippen molar-refractivity contribution in [1.82, 2.24) is 0 Å². The molecule has 0 spiro atoms. The number of carbonyl (C=O) groups is 2. The summed E-state index contributed by atoms with van der Waals surface area (Å²) < 4.78 is 11.2. The Balaban J connectivity index is 1.78. The number of rotatable bonds is 4. The standard InChI is InChI=1S/C21H18ClN3O4/c1-13(26)24-16-3-5-17(6-4-16)25-21(27)15(12-23)9-14-10-18(22)20-19(11-14)28-7-2-8-29-20/h3-6,9-11H,2,7-8H2,1H3,(H,24,26)(H,25,27)/b15-9+. The molecule has 0 unspecified atom stereocenters. The van der Waals surface area contributed by atoms with E-state index in [1.807, 2.05) is 6.07 Å². The van der Waals surface area contributed by atoms with Gasteiger partial charge in [-0.25, -0.2) is 0 Å². The maximum atomic E-state index is 12.5. The Morgan fingerprint density at radius 2 is 1.76 bits per heavy atom. The number of hydrogen-bond donors (Lipinski definition) is 2. The zero-order valence-corrected chi connectivity index (χ0v) is 16.4. The predicted octanol–water partition coefficient (Wildman–Crippen LogP) is 4.01. The molecule has 1 aliphatic rings. The van der Waals surface area contributed by atoms with Crippen LogP contribution in [0.15, 0.2) is 42.0 Å². The van der Waals surface area contributed by atoms with E-state index in [0.29, 0.717) is 46.7 Å². The maximum Gasteiger partial charge on any atom is 0.266 e. The highest BCUT2D eigenvalue weighted by atomic mass is 35.5. The van der Waals surface area contributed by atoms with Crippen LogP contribution in [-0.2, 0) is 9.59 Å². The summed E-state index contributed by atoms with van der Waals surface area (Å²) in [6.45, 7) is 2.41. The number of amides is 2. The zero-order chi connectivity index (χ0) is 20.8. The molecule has 0 radical (unpaired) electrons. The summed E-state index contributed by atoms with van der Waals surface area (Å²) in [4.78, 5) is 23.5. The molecule has 2 amide bonds. The van der Waals surface area contributed by atoms with Crippen LogP contribution >= 0.6 is 11.6 Å². The molecular weight excluding hydrogens is 394 g/mol. The lowest BCUT2D eigenvalue weighted by atomic mass is 10.1. The zero-order valence-electron chi connectivity index (χ0n) is 15.6. The number of benzene rings is 2. The van der Waals surface area contributed by atoms with Crippen molar-refractivity contribution in [2.75, 3.05) is 23.8 Å². The normalized spacial score (nSPS) is 13.1. The van der Waals surface area contributed by atoms with Crippen molar-refractivity contribution in [3.05, 3.63) is 52.6 Å². The Morgan fingerprint density at radius 1 is 1.10 bits per heavy atom. The van der Waals surface area contributed by atoms with E-state index in [2.05, 4.69) is 10.6 Å². The summed E-state index contributed by atoms with van der Waals surface area (Å²) in [5.41, 5.74) is 1.55. The molecule has 0 fully saturated rings. The second-order valence-electron chi connectivity index (χ2n) is 6.26. The van der Waals surface area contributed by atoms with Crippen molar-refractivity contribution >= 4 is 40.9 Å². The molecule has 2 N–H and O–H groups in total. The third kappa shape index (κ3) is 5.27. The van der Waals surface area contributed by atoms with Gasteiger partial charge in [0.05, 0.1) is 18.2 Å². The van der Waals surface area contributed by atoms with Gasteiger partial charge in [-0.3, -0.25) is 9.59 Å². The third-order valence-corrected chi connectivity index (χ3v) is 4.24. The van der Waals surface area contributed by atoms with Gasteiger partial charge in [-0.05, 0) is 48.0 Å². The number of fused-ring (bicyclic) bond motifs is 1. The summed E-state index contributed by atoms with van der Waals surface area (Å²) in [6.07, 6.45) is 2.17. The molecule has 1 heterocycles. The molecule has 8 heteroatoms. The summed E-state index contributed by atoms with van der Waals surface area (Å²) in [7, 11) is 0. The molecule has 148 valence electrons. The topological polar surface area (TPSA) is 100 Å². The first-order valence-electron chi connectivity index (χ1n) is 8.86. The van der Waals surface area contributed by atoms with Crippen LogP contribution in [0, 0.1) is 11.3 Å². The number of nitriles is 1. The second kappa shape index (κ2) is 9.13. The van der Waals surface area contributed by atoms with Crippen LogP contribution in [0.1, 0.15) is 18.9 Å². The van der Waals surface area contributed by atoms with Gasteiger partial charge in [-0.1, -0.05) is 11.6 Å². The number of hydrogen-bond acceptors (Lipinski definition) is 5. The Labute approximate surface area is 172 Å². The van der Waals surface area contributed by atoms with E-state index in [0.717, 1.165) is 6.42 Å². The van der Waals surface area contributed by atoms with E-state index in [1.54, 1.807) is 36.4 Å². The largest absolute Gasteiger partial charge is 0.489 e. The van der Waals surface area contributed by atoms with Crippen LogP contribution < -0.4 is 20.1 Å². The fourth-order valence-corrected chi connectivity index (χ4v) is 2.96. The minimum atomic E-state index is -0.567. The highest BCUT2D eigenvalue weighted by Gasteiger charge is 2.16. The summed E-state index contributed by atoms with van der Waals surface area (Å²) in [5.74, 6) is 0.185. The number of ether oxygens (including phenoxy) is 2. The first kappa shape index (κ1) is 20.2. The molecule has 0 atom stereocenters. The molecule has 0 saturated carbocycles. The quantitative estimate of drug-likeness (QED) is 0.585. The van der Waals surface area contributed by atoms with Gasteiger partial charge in [0.2, 0.25) is 5.91 Å². The van der Waals surface area contributed by atoms with E-state index in [4.69, 9.17) is 21.1 Å². The van der Waals surface area contributed by atoms with Crippen molar-refractivity contribution in [2.45, 2.75) is 13.3 Å². The molecule has 7 nitrogen and oxygen atoms in total. The highest BCUT2D eigenvalue weighted by Crippen LogP contribution is 2.38. The van der Waals surface area contributed by atoms with Crippen LogP contribution in [0.5, 0.6) is 11.5 Å². The number of nitrogens with zero attached hydrogens (tertiary/aromatic N) is 1. The minimum Gasteiger partial charge on any atom is -0.489 e. The summed E-state index contributed by atoms with van der Waals surface area (Å²) in [6, 6.07) is 11.7. The van der Waals surface area contributed by atoms with Gasteiger partial charge in [0.1, 0.15) is 11.6 Å². The number of nitrogens with one attached hydrogen (secondary N) is 2. The van der Waals surface area contributed by atoms with Gasteiger partial charge in [-0.15, -0.1) is 0 Å². The van der Waals surface area contributed by atoms with Crippen molar-refractivity contribution < 1.29 is 19.1 Å². The van der Waals surface area contributed by atoms with E-state index < -0.39 is 5.91 Å². The fourth-order valence-electron chi connectivity index (χ4n) is 2.69. The first-order chi connectivity index (χ1) is 14.0. The SMILES string of the molecule is CC(=O)Nc1ccc(NC(=O)/C(C#N)=C/c2cc(Cl)c3c(c2)OCCCO3)cc1. The Morgan fingerprint density at radius 3 is 2.41 bits per heavy atom. The van der Waals surface area contributed by atoms with Crippen molar-refractivity contribution in [1.29, 1.82) is 5.26 Å². The van der Waals surface area contributed by atoms with Crippen molar-refractivity contribution in [3.8, 4) is 17.6 Å². The Bertz CT molecular complexity index is 1010. The lowest BCUT2D eigenvalue weighted by Gasteiger charge is -2.10. The molecule has 0 aliphatic carbocycles. The summed E-state index contributed by atoms with van der Waals surface area (Å²) in [5, 5.41) is 15.1. The highest BCUT2D eigenvalue weighted by molar-refractivity contribution is 6.32. The van der Waals surface area contributed by atoms with Crippen LogP contribution in [0.2, 0.25) is 5.02 Å². The Hall–Kier alpha value is -3.50. The van der Waals surface area contributed by atoms with E-state index in [9.17, 15) is 14.9 Å². The molecule has 0 saturated heterocycles. The van der Waals surface area contributed by atoms with Gasteiger partial charge < -0.3 is 20.1 Å². The average Bonchev–Trinajstić information content (AvgIpc) is 2.93. The first-order valence-corrected chi connectivity index (χ1v) is 9.24. The maximum absolute atomic E-state index is 12.5. The van der Waals surface area contributed by atoms with Crippen LogP contribution in [-0.4, -0.2) is 25.0 Å². The summed E-state index contributed by atoms with van der Waals surface area (Å²) >= 11 is 6.26. The number of carbonyl (C=O) groups excluding carboxylic acids is 2. The van der Waals surface area contributed by atoms with E-state index in [1.165, 1.54) is 13.0 Å². The molecule has 0 bridgehead atoms. The van der Waals surface area contributed by atoms with Gasteiger partial charge in [-0.2, -0.15) is 5.26 Å². The number of halogens is 1. The predicted molar refractivity (Wildman–Crippen MR) is 110 cm³/mol. The Kier molecular flexibility index (Phi) is 6.37. The lowest BCUT2D eigenvalue weighted by Crippen LogP contribution is -2.13. The second-order valence-corrected chi connectivity index (χ2v) is 6.67. The fraction of sp³-hybridized carbons (Fsp3) is 0.190. The van der Waals surface area contributed by atoms with Crippen molar-refractivity contribution in [2.24, 2.45) is 0 Å². The molecule has 3 rings (SSSR count).